The summed E-state index contributed by atoms with van der Waals surface area (Å²) >= 11 is 12.7. The Kier molecular flexibility index (Phi) is 7.28. The van der Waals surface area contributed by atoms with Crippen molar-refractivity contribution in [1.29, 1.82) is 0 Å². The van der Waals surface area contributed by atoms with Gasteiger partial charge in [0.25, 0.3) is 5.91 Å². The van der Waals surface area contributed by atoms with Crippen LogP contribution in [0.4, 0.5) is 5.69 Å². The monoisotopic (exact) mass is 522 g/mol. The molecule has 0 radical (unpaired) electrons. The molecule has 0 spiro atoms. The van der Waals surface area contributed by atoms with Crippen LogP contribution in [0.2, 0.25) is 10.0 Å². The van der Waals surface area contributed by atoms with E-state index < -0.39 is 0 Å². The maximum absolute atomic E-state index is 13.8. The Morgan fingerprint density at radius 3 is 2.31 bits per heavy atom. The zero-order valence-electron chi connectivity index (χ0n) is 21.0. The summed E-state index contributed by atoms with van der Waals surface area (Å²) in [7, 11) is 1.73. The van der Waals surface area contributed by atoms with E-state index in [1.54, 1.807) is 31.6 Å². The van der Waals surface area contributed by atoms with Gasteiger partial charge in [-0.2, -0.15) is 0 Å². The van der Waals surface area contributed by atoms with E-state index in [-0.39, 0.29) is 5.91 Å². The lowest BCUT2D eigenvalue weighted by Gasteiger charge is -2.38. The molecule has 4 nitrogen and oxygen atoms in total. The second-order valence-electron chi connectivity index (χ2n) is 10.4. The summed E-state index contributed by atoms with van der Waals surface area (Å²) in [5, 5.41) is 1.06. The molecule has 1 heterocycles. The molecular formula is C30H32Cl2N2O2. The zero-order valence-corrected chi connectivity index (χ0v) is 22.5. The molecule has 5 rings (SSSR count). The maximum atomic E-state index is 13.8. The van der Waals surface area contributed by atoms with Crippen molar-refractivity contribution in [3.05, 3.63) is 87.2 Å². The van der Waals surface area contributed by atoms with Crippen LogP contribution in [0.1, 0.15) is 58.6 Å². The second kappa shape index (κ2) is 10.4. The molecular weight excluding hydrogens is 491 g/mol. The number of hydrogen-bond donors (Lipinski definition) is 0. The van der Waals surface area contributed by atoms with E-state index in [0.717, 1.165) is 29.8 Å². The van der Waals surface area contributed by atoms with Crippen molar-refractivity contribution in [3.8, 4) is 5.75 Å². The summed E-state index contributed by atoms with van der Waals surface area (Å²) in [6.45, 7) is 4.70. The summed E-state index contributed by atoms with van der Waals surface area (Å²) in [6, 6.07) is 13.8. The molecule has 0 saturated heterocycles. The molecule has 1 aromatic heterocycles. The largest absolute Gasteiger partial charge is 0.496 e. The van der Waals surface area contributed by atoms with Crippen LogP contribution in [0, 0.1) is 31.6 Å². The number of ether oxygens (including phenoxy) is 1. The number of benzene rings is 2. The van der Waals surface area contributed by atoms with Crippen LogP contribution >= 0.6 is 23.2 Å². The van der Waals surface area contributed by atoms with Gasteiger partial charge in [0.05, 0.1) is 7.11 Å². The fourth-order valence-corrected chi connectivity index (χ4v) is 7.09. The lowest BCUT2D eigenvalue weighted by Crippen LogP contribution is -2.39. The molecule has 3 aromatic rings. The van der Waals surface area contributed by atoms with Gasteiger partial charge >= 0.3 is 0 Å². The minimum Gasteiger partial charge on any atom is -0.496 e. The van der Waals surface area contributed by atoms with E-state index in [0.29, 0.717) is 45.8 Å². The number of carbonyl (C=O) groups is 1. The molecule has 188 valence electrons. The zero-order chi connectivity index (χ0) is 25.4. The smallest absolute Gasteiger partial charge is 0.258 e. The minimum atomic E-state index is -0.0338. The fourth-order valence-electron chi connectivity index (χ4n) is 6.57. The Labute approximate surface area is 223 Å². The molecule has 1 amide bonds. The molecule has 0 aliphatic heterocycles. The summed E-state index contributed by atoms with van der Waals surface area (Å²) in [4.78, 5) is 19.9. The third kappa shape index (κ3) is 4.99. The molecule has 2 bridgehead atoms. The van der Waals surface area contributed by atoms with Crippen molar-refractivity contribution in [2.75, 3.05) is 18.6 Å². The van der Waals surface area contributed by atoms with Gasteiger partial charge in [-0.15, -0.1) is 0 Å². The number of pyridine rings is 1. The Morgan fingerprint density at radius 2 is 1.69 bits per heavy atom. The van der Waals surface area contributed by atoms with Crippen LogP contribution in [0.15, 0.2) is 54.9 Å². The van der Waals surface area contributed by atoms with Crippen LogP contribution in [0.5, 0.6) is 5.75 Å². The van der Waals surface area contributed by atoms with E-state index in [9.17, 15) is 4.79 Å². The number of hydrogen-bond acceptors (Lipinski definition) is 3. The Morgan fingerprint density at radius 1 is 1.00 bits per heavy atom. The fraction of sp³-hybridized carbons (Fsp3) is 0.400. The van der Waals surface area contributed by atoms with Crippen molar-refractivity contribution in [3.63, 3.8) is 0 Å². The van der Waals surface area contributed by atoms with Gasteiger partial charge in [0.15, 0.2) is 0 Å². The van der Waals surface area contributed by atoms with Gasteiger partial charge in [-0.3, -0.25) is 9.78 Å². The minimum absolute atomic E-state index is 0.0338. The van der Waals surface area contributed by atoms with Crippen molar-refractivity contribution < 1.29 is 9.53 Å². The number of anilines is 1. The highest BCUT2D eigenvalue weighted by Gasteiger charge is 2.44. The molecule has 2 aliphatic rings. The molecule has 0 N–H and O–H groups in total. The Bertz CT molecular complexity index is 1240. The average Bonchev–Trinajstić information content (AvgIpc) is 3.11. The third-order valence-corrected chi connectivity index (χ3v) is 8.53. The van der Waals surface area contributed by atoms with Gasteiger partial charge in [0, 0.05) is 40.2 Å². The number of nitrogens with zero attached hydrogens (tertiary/aromatic N) is 2. The molecule has 2 atom stereocenters. The number of amides is 1. The van der Waals surface area contributed by atoms with Gasteiger partial charge < -0.3 is 9.64 Å². The predicted octanol–water partition coefficient (Wildman–Crippen LogP) is 7.88. The van der Waals surface area contributed by atoms with Gasteiger partial charge in [0.2, 0.25) is 0 Å². The summed E-state index contributed by atoms with van der Waals surface area (Å²) in [6.07, 6.45) is 8.12. The number of carbonyl (C=O) groups excluding carboxylic acids is 1. The standard InChI is InChI=1S/C30H32Cl2N2O2/c1-18-10-21(6-7-28(18)36-3)29-22-4-5-23(29)12-20(11-22)17-34(26-14-24(31)13-25(32)15-26)30(35)27-8-9-33-16-19(27)2/h6-10,13-16,20,22-23,29H,4-5,11-12,17H2,1-3H3. The first-order valence-corrected chi connectivity index (χ1v) is 13.4. The highest BCUT2D eigenvalue weighted by atomic mass is 35.5. The molecule has 36 heavy (non-hydrogen) atoms. The van der Waals surface area contributed by atoms with E-state index in [1.165, 1.54) is 24.0 Å². The molecule has 2 saturated carbocycles. The van der Waals surface area contributed by atoms with Crippen molar-refractivity contribution in [2.24, 2.45) is 17.8 Å². The van der Waals surface area contributed by atoms with Crippen molar-refractivity contribution in [2.45, 2.75) is 45.4 Å². The molecule has 6 heteroatoms. The lowest BCUT2D eigenvalue weighted by atomic mass is 9.70. The SMILES string of the molecule is COc1ccc(C2C3CCC2CC(CN(C(=O)c2ccncc2C)c2cc(Cl)cc(Cl)c2)C3)cc1C. The highest BCUT2D eigenvalue weighted by Crippen LogP contribution is 2.54. The number of aromatic nitrogens is 1. The van der Waals surface area contributed by atoms with E-state index in [2.05, 4.69) is 30.1 Å². The van der Waals surface area contributed by atoms with Crippen LogP contribution < -0.4 is 9.64 Å². The number of methoxy groups -OCH3 is 1. The quantitative estimate of drug-likeness (QED) is 0.330. The number of rotatable bonds is 6. The predicted molar refractivity (Wildman–Crippen MR) is 147 cm³/mol. The number of halogens is 2. The van der Waals surface area contributed by atoms with Gasteiger partial charge in [0.1, 0.15) is 5.75 Å². The maximum Gasteiger partial charge on any atom is 0.258 e. The Balaban J connectivity index is 1.41. The number of fused-ring (bicyclic) bond motifs is 2. The average molecular weight is 524 g/mol. The van der Waals surface area contributed by atoms with E-state index >= 15 is 0 Å². The van der Waals surface area contributed by atoms with Crippen molar-refractivity contribution >= 4 is 34.8 Å². The first-order valence-electron chi connectivity index (χ1n) is 12.7. The topological polar surface area (TPSA) is 42.4 Å². The van der Waals surface area contributed by atoms with Gasteiger partial charge in [-0.05, 0) is 110 Å². The van der Waals surface area contributed by atoms with E-state index in [4.69, 9.17) is 27.9 Å². The Hall–Kier alpha value is -2.56. The third-order valence-electron chi connectivity index (χ3n) is 8.10. The summed E-state index contributed by atoms with van der Waals surface area (Å²) < 4.78 is 5.48. The summed E-state index contributed by atoms with van der Waals surface area (Å²) in [5.74, 6) is 3.17. The molecule has 2 fully saturated rings. The highest BCUT2D eigenvalue weighted by molar-refractivity contribution is 6.35. The van der Waals surface area contributed by atoms with Crippen molar-refractivity contribution in [1.82, 2.24) is 4.98 Å². The molecule has 2 unspecified atom stereocenters. The first kappa shape index (κ1) is 25.1. The van der Waals surface area contributed by atoms with Crippen LogP contribution in [-0.2, 0) is 0 Å². The van der Waals surface area contributed by atoms with Crippen LogP contribution in [0.3, 0.4) is 0 Å². The molecule has 2 aromatic carbocycles. The van der Waals surface area contributed by atoms with Gasteiger partial charge in [-0.1, -0.05) is 35.3 Å². The van der Waals surface area contributed by atoms with Crippen LogP contribution in [0.25, 0.3) is 0 Å². The van der Waals surface area contributed by atoms with E-state index in [1.807, 2.05) is 24.0 Å². The normalized spacial score (nSPS) is 22.9. The lowest BCUT2D eigenvalue weighted by molar-refractivity contribution is 0.0975. The number of aryl methyl sites for hydroxylation is 2. The molecule has 2 aliphatic carbocycles. The van der Waals surface area contributed by atoms with Gasteiger partial charge in [-0.25, -0.2) is 0 Å². The summed E-state index contributed by atoms with van der Waals surface area (Å²) in [5.41, 5.74) is 4.89. The first-order chi connectivity index (χ1) is 17.3. The van der Waals surface area contributed by atoms with Crippen LogP contribution in [-0.4, -0.2) is 24.5 Å². The second-order valence-corrected chi connectivity index (χ2v) is 11.3.